The van der Waals surface area contributed by atoms with E-state index < -0.39 is 0 Å². The smallest absolute Gasteiger partial charge is 0.229 e. The van der Waals surface area contributed by atoms with E-state index in [1.807, 2.05) is 20.8 Å². The van der Waals surface area contributed by atoms with Crippen molar-refractivity contribution in [3.05, 3.63) is 0 Å². The number of piperidine rings is 1. The molecule has 1 saturated heterocycles. The van der Waals surface area contributed by atoms with Crippen LogP contribution >= 0.6 is 0 Å². The minimum atomic E-state index is -0.194. The second kappa shape index (κ2) is 5.61. The molecule has 0 aromatic rings. The Morgan fingerprint density at radius 1 is 1.21 bits per heavy atom. The van der Waals surface area contributed by atoms with Gasteiger partial charge < -0.3 is 5.32 Å². The van der Waals surface area contributed by atoms with Gasteiger partial charge in [0.05, 0.1) is 0 Å². The molecule has 4 nitrogen and oxygen atoms in total. The molecule has 1 heterocycles. The summed E-state index contributed by atoms with van der Waals surface area (Å²) < 4.78 is 0. The van der Waals surface area contributed by atoms with Crippen molar-refractivity contribution in [2.75, 3.05) is 13.1 Å². The fourth-order valence-corrected chi connectivity index (χ4v) is 2.49. The third kappa shape index (κ3) is 4.30. The number of nitrogens with zero attached hydrogens (tertiary/aromatic N) is 1. The number of rotatable bonds is 4. The van der Waals surface area contributed by atoms with Crippen LogP contribution in [0.25, 0.3) is 0 Å². The molecule has 0 bridgehead atoms. The van der Waals surface area contributed by atoms with Gasteiger partial charge in [0, 0.05) is 25.4 Å². The molecule has 110 valence electrons. The maximum Gasteiger partial charge on any atom is 0.229 e. The van der Waals surface area contributed by atoms with Gasteiger partial charge in [-0.05, 0) is 17.4 Å². The Hall–Kier alpha value is -0.900. The first-order valence-electron chi connectivity index (χ1n) is 7.13. The minimum absolute atomic E-state index is 0.0174. The number of hydrogen-bond acceptors (Lipinski definition) is 3. The highest BCUT2D eigenvalue weighted by molar-refractivity contribution is 5.98. The highest BCUT2D eigenvalue weighted by atomic mass is 16.2. The molecule has 0 radical (unpaired) electrons. The quantitative estimate of drug-likeness (QED) is 0.795. The molecule has 1 aliphatic heterocycles. The monoisotopic (exact) mass is 268 g/mol. The van der Waals surface area contributed by atoms with Crippen LogP contribution < -0.4 is 5.32 Å². The van der Waals surface area contributed by atoms with Crippen molar-refractivity contribution >= 4 is 11.8 Å². The van der Waals surface area contributed by atoms with E-state index in [1.165, 1.54) is 4.90 Å². The topological polar surface area (TPSA) is 49.4 Å². The van der Waals surface area contributed by atoms with E-state index in [2.05, 4.69) is 26.1 Å². The Bertz CT molecular complexity index is 336. The maximum atomic E-state index is 12.2. The molecule has 1 N–H and O–H groups in total. The van der Waals surface area contributed by atoms with Crippen molar-refractivity contribution in [1.82, 2.24) is 10.2 Å². The van der Waals surface area contributed by atoms with Gasteiger partial charge in [0.15, 0.2) is 0 Å². The van der Waals surface area contributed by atoms with Crippen molar-refractivity contribution in [2.24, 2.45) is 10.8 Å². The number of hydrogen-bond donors (Lipinski definition) is 1. The fraction of sp³-hybridized carbons (Fsp3) is 0.867. The number of carbonyl (C=O) groups excluding carboxylic acids is 2. The molecule has 2 amide bonds. The second-order valence-corrected chi connectivity index (χ2v) is 7.39. The summed E-state index contributed by atoms with van der Waals surface area (Å²) in [7, 11) is 0. The van der Waals surface area contributed by atoms with Crippen molar-refractivity contribution in [1.29, 1.82) is 0 Å². The molecule has 1 atom stereocenters. The number of imide groups is 1. The molecule has 1 aliphatic rings. The summed E-state index contributed by atoms with van der Waals surface area (Å²) in [4.78, 5) is 25.8. The van der Waals surface area contributed by atoms with Gasteiger partial charge in [0.1, 0.15) is 0 Å². The van der Waals surface area contributed by atoms with Gasteiger partial charge >= 0.3 is 0 Å². The summed E-state index contributed by atoms with van der Waals surface area (Å²) in [5, 5.41) is 3.39. The summed E-state index contributed by atoms with van der Waals surface area (Å²) >= 11 is 0. The van der Waals surface area contributed by atoms with Gasteiger partial charge in [-0.2, -0.15) is 0 Å². The van der Waals surface area contributed by atoms with Gasteiger partial charge in [-0.1, -0.05) is 41.5 Å². The van der Waals surface area contributed by atoms with E-state index in [4.69, 9.17) is 0 Å². The van der Waals surface area contributed by atoms with Gasteiger partial charge in [-0.3, -0.25) is 14.5 Å². The molecule has 19 heavy (non-hydrogen) atoms. The van der Waals surface area contributed by atoms with Gasteiger partial charge in [-0.15, -0.1) is 0 Å². The molecule has 1 unspecified atom stereocenters. The van der Waals surface area contributed by atoms with Crippen molar-refractivity contribution in [3.63, 3.8) is 0 Å². The van der Waals surface area contributed by atoms with Crippen molar-refractivity contribution in [3.8, 4) is 0 Å². The first-order valence-corrected chi connectivity index (χ1v) is 7.13. The van der Waals surface area contributed by atoms with Gasteiger partial charge in [0.2, 0.25) is 11.8 Å². The van der Waals surface area contributed by atoms with Crippen LogP contribution in [0.1, 0.15) is 54.4 Å². The number of carbonyl (C=O) groups is 2. The minimum Gasteiger partial charge on any atom is -0.312 e. The Morgan fingerprint density at radius 3 is 2.05 bits per heavy atom. The van der Waals surface area contributed by atoms with Crippen LogP contribution in [-0.2, 0) is 9.59 Å². The molecular weight excluding hydrogens is 240 g/mol. The average Bonchev–Trinajstić information content (AvgIpc) is 2.18. The molecule has 1 fully saturated rings. The summed E-state index contributed by atoms with van der Waals surface area (Å²) in [6.07, 6.45) is 0.920. The first kappa shape index (κ1) is 16.2. The highest BCUT2D eigenvalue weighted by Gasteiger charge is 2.39. The number of amides is 2. The Kier molecular flexibility index (Phi) is 4.77. The Balaban J connectivity index is 2.80. The van der Waals surface area contributed by atoms with Crippen LogP contribution in [0.15, 0.2) is 0 Å². The SMILES string of the molecule is CCNC(CN1C(=O)CC(C)(C)CC1=O)C(C)(C)C. The fourth-order valence-electron chi connectivity index (χ4n) is 2.49. The number of likely N-dealkylation sites (N-methyl/N-ethyl adjacent to an activating group) is 1. The lowest BCUT2D eigenvalue weighted by molar-refractivity contribution is -0.153. The van der Waals surface area contributed by atoms with Crippen molar-refractivity contribution < 1.29 is 9.59 Å². The van der Waals surface area contributed by atoms with E-state index >= 15 is 0 Å². The third-order valence-electron chi connectivity index (χ3n) is 3.72. The van der Waals surface area contributed by atoms with E-state index in [0.717, 1.165) is 6.54 Å². The molecule has 0 spiro atoms. The van der Waals surface area contributed by atoms with E-state index in [0.29, 0.717) is 19.4 Å². The third-order valence-corrected chi connectivity index (χ3v) is 3.72. The summed E-state index contributed by atoms with van der Waals surface area (Å²) in [5.41, 5.74) is -0.177. The van der Waals surface area contributed by atoms with Crippen LogP contribution in [0, 0.1) is 10.8 Å². The molecule has 0 aromatic heterocycles. The standard InChI is InChI=1S/C15H28N2O2/c1-7-16-11(14(2,3)4)10-17-12(18)8-15(5,6)9-13(17)19/h11,16H,7-10H2,1-6H3. The van der Waals surface area contributed by atoms with E-state index in [-0.39, 0.29) is 28.7 Å². The predicted molar refractivity (Wildman–Crippen MR) is 76.7 cm³/mol. The molecule has 1 rings (SSSR count). The van der Waals surface area contributed by atoms with Crippen LogP contribution in [0.2, 0.25) is 0 Å². The van der Waals surface area contributed by atoms with Crippen LogP contribution in [-0.4, -0.2) is 35.8 Å². The molecular formula is C15H28N2O2. The van der Waals surface area contributed by atoms with Crippen LogP contribution in [0.3, 0.4) is 0 Å². The van der Waals surface area contributed by atoms with Crippen LogP contribution in [0.5, 0.6) is 0 Å². The lowest BCUT2D eigenvalue weighted by Crippen LogP contribution is -2.54. The molecule has 4 heteroatoms. The van der Waals surface area contributed by atoms with E-state index in [1.54, 1.807) is 0 Å². The largest absolute Gasteiger partial charge is 0.312 e. The zero-order chi connectivity index (χ0) is 14.8. The maximum absolute atomic E-state index is 12.2. The molecule has 0 aliphatic carbocycles. The predicted octanol–water partition coefficient (Wildman–Crippen LogP) is 2.19. The zero-order valence-electron chi connectivity index (χ0n) is 13.2. The van der Waals surface area contributed by atoms with Gasteiger partial charge in [0.25, 0.3) is 0 Å². The Labute approximate surface area is 116 Å². The lowest BCUT2D eigenvalue weighted by Gasteiger charge is -2.39. The Morgan fingerprint density at radius 2 is 1.68 bits per heavy atom. The van der Waals surface area contributed by atoms with Crippen molar-refractivity contribution in [2.45, 2.75) is 60.4 Å². The van der Waals surface area contributed by atoms with E-state index in [9.17, 15) is 9.59 Å². The molecule has 0 saturated carbocycles. The average molecular weight is 268 g/mol. The second-order valence-electron chi connectivity index (χ2n) is 7.39. The normalized spacial score (nSPS) is 21.7. The van der Waals surface area contributed by atoms with Gasteiger partial charge in [-0.25, -0.2) is 0 Å². The van der Waals surface area contributed by atoms with Crippen LogP contribution in [0.4, 0.5) is 0 Å². The lowest BCUT2D eigenvalue weighted by atomic mass is 9.80. The summed E-state index contributed by atoms with van der Waals surface area (Å²) in [6.45, 7) is 13.7. The summed E-state index contributed by atoms with van der Waals surface area (Å²) in [6, 6.07) is 0.131. The number of likely N-dealkylation sites (tertiary alicyclic amines) is 1. The first-order chi connectivity index (χ1) is 8.57. The zero-order valence-corrected chi connectivity index (χ0v) is 13.2. The number of nitrogens with one attached hydrogen (secondary N) is 1. The highest BCUT2D eigenvalue weighted by Crippen LogP contribution is 2.32. The molecule has 0 aromatic carbocycles. The summed E-state index contributed by atoms with van der Waals surface area (Å²) in [5.74, 6) is -0.0678.